The Morgan fingerprint density at radius 3 is 2.60 bits per heavy atom. The number of carbonyl (C=O) groups excluding carboxylic acids is 1. The van der Waals surface area contributed by atoms with E-state index in [9.17, 15) is 4.79 Å². The average Bonchev–Trinajstić information content (AvgIpc) is 2.44. The molecule has 2 nitrogen and oxygen atoms in total. The van der Waals surface area contributed by atoms with Crippen molar-refractivity contribution >= 4 is 16.7 Å². The van der Waals surface area contributed by atoms with Crippen LogP contribution in [0, 0.1) is 13.8 Å². The number of carbonyl (C=O) groups is 1. The Morgan fingerprint density at radius 2 is 1.93 bits per heavy atom. The first-order valence-corrected chi connectivity index (χ1v) is 5.15. The minimum Gasteiger partial charge on any atom is -0.337 e. The van der Waals surface area contributed by atoms with Gasteiger partial charge in [-0.2, -0.15) is 0 Å². The molecule has 15 heavy (non-hydrogen) atoms. The monoisotopic (exact) mass is 201 g/mol. The van der Waals surface area contributed by atoms with E-state index in [-0.39, 0.29) is 5.78 Å². The van der Waals surface area contributed by atoms with Crippen molar-refractivity contribution in [3.05, 3.63) is 35.5 Å². The number of rotatable bonds is 2. The average molecular weight is 201 g/mol. The number of fused-ring (bicyclic) bond motifs is 1. The summed E-state index contributed by atoms with van der Waals surface area (Å²) in [6.45, 7) is 6.27. The van der Waals surface area contributed by atoms with Gasteiger partial charge in [0.2, 0.25) is 0 Å². The van der Waals surface area contributed by atoms with Gasteiger partial charge in [-0.05, 0) is 32.4 Å². The van der Waals surface area contributed by atoms with Crippen LogP contribution in [0.2, 0.25) is 0 Å². The number of aromatic nitrogens is 1. The predicted octanol–water partition coefficient (Wildman–Crippen LogP) is 2.85. The molecular formula is C13H15NO. The van der Waals surface area contributed by atoms with Gasteiger partial charge in [0.15, 0.2) is 0 Å². The molecular weight excluding hydrogens is 186 g/mol. The van der Waals surface area contributed by atoms with E-state index in [1.807, 2.05) is 12.1 Å². The molecule has 0 unspecified atom stereocenters. The van der Waals surface area contributed by atoms with Crippen molar-refractivity contribution in [1.82, 2.24) is 4.57 Å². The fraction of sp³-hybridized carbons (Fsp3) is 0.308. The predicted molar refractivity (Wildman–Crippen MR) is 62.1 cm³/mol. The number of Topliss-reactive ketones (excluding diaryl/α,β-unsaturated/α-hetero) is 1. The van der Waals surface area contributed by atoms with E-state index in [0.717, 1.165) is 5.52 Å². The van der Waals surface area contributed by atoms with Gasteiger partial charge in [-0.25, -0.2) is 0 Å². The molecule has 78 valence electrons. The minimum atomic E-state index is 0.193. The summed E-state index contributed by atoms with van der Waals surface area (Å²) >= 11 is 0. The van der Waals surface area contributed by atoms with Crippen molar-refractivity contribution in [2.75, 3.05) is 0 Å². The lowest BCUT2D eigenvalue weighted by molar-refractivity contribution is -0.117. The van der Waals surface area contributed by atoms with Crippen molar-refractivity contribution in [2.24, 2.45) is 0 Å². The molecule has 1 aromatic heterocycles. The smallest absolute Gasteiger partial charge is 0.149 e. The molecule has 0 fully saturated rings. The quantitative estimate of drug-likeness (QED) is 0.732. The Balaban J connectivity index is 2.72. The Hall–Kier alpha value is -1.57. The molecule has 0 spiro atoms. The number of ketones is 1. The molecule has 2 heteroatoms. The van der Waals surface area contributed by atoms with E-state index in [2.05, 4.69) is 30.5 Å². The maximum atomic E-state index is 11.2. The highest BCUT2D eigenvalue weighted by Crippen LogP contribution is 2.24. The fourth-order valence-electron chi connectivity index (χ4n) is 2.03. The van der Waals surface area contributed by atoms with Crippen LogP contribution in [0.4, 0.5) is 0 Å². The molecule has 0 bridgehead atoms. The Kier molecular flexibility index (Phi) is 2.35. The lowest BCUT2D eigenvalue weighted by Crippen LogP contribution is -2.07. The summed E-state index contributed by atoms with van der Waals surface area (Å²) in [4.78, 5) is 11.2. The zero-order valence-corrected chi connectivity index (χ0v) is 9.37. The molecule has 0 aliphatic rings. The number of benzene rings is 1. The van der Waals surface area contributed by atoms with Crippen LogP contribution in [-0.4, -0.2) is 10.4 Å². The van der Waals surface area contributed by atoms with Crippen LogP contribution in [0.15, 0.2) is 24.3 Å². The summed E-state index contributed by atoms with van der Waals surface area (Å²) in [6.07, 6.45) is 0. The van der Waals surface area contributed by atoms with E-state index >= 15 is 0 Å². The van der Waals surface area contributed by atoms with Crippen molar-refractivity contribution in [1.29, 1.82) is 0 Å². The molecule has 0 aliphatic carbocycles. The Bertz CT molecular complexity index is 523. The van der Waals surface area contributed by atoms with Crippen LogP contribution >= 0.6 is 0 Å². The van der Waals surface area contributed by atoms with Gasteiger partial charge in [0.25, 0.3) is 0 Å². The van der Waals surface area contributed by atoms with Crippen molar-refractivity contribution in [2.45, 2.75) is 27.3 Å². The lowest BCUT2D eigenvalue weighted by atomic mass is 10.2. The minimum absolute atomic E-state index is 0.193. The molecule has 2 aromatic rings. The maximum Gasteiger partial charge on any atom is 0.149 e. The normalized spacial score (nSPS) is 10.9. The Morgan fingerprint density at radius 1 is 1.27 bits per heavy atom. The zero-order chi connectivity index (χ0) is 11.0. The largest absolute Gasteiger partial charge is 0.337 e. The number of aryl methyl sites for hydroxylation is 1. The highest BCUT2D eigenvalue weighted by atomic mass is 16.1. The SMILES string of the molecule is CC(=O)Cn1c(C)c(C)c2ccccc21. The highest BCUT2D eigenvalue weighted by molar-refractivity contribution is 5.87. The van der Waals surface area contributed by atoms with E-state index in [0.29, 0.717) is 6.54 Å². The van der Waals surface area contributed by atoms with E-state index in [4.69, 9.17) is 0 Å². The molecule has 2 rings (SSSR count). The second kappa shape index (κ2) is 3.54. The molecule has 0 saturated heterocycles. The molecule has 0 saturated carbocycles. The second-order valence-corrected chi connectivity index (χ2v) is 4.02. The van der Waals surface area contributed by atoms with Gasteiger partial charge < -0.3 is 4.57 Å². The van der Waals surface area contributed by atoms with Gasteiger partial charge in [0, 0.05) is 16.6 Å². The Labute approximate surface area is 89.5 Å². The van der Waals surface area contributed by atoms with Crippen molar-refractivity contribution in [3.63, 3.8) is 0 Å². The number of hydrogen-bond donors (Lipinski definition) is 0. The van der Waals surface area contributed by atoms with Gasteiger partial charge in [0.05, 0.1) is 6.54 Å². The van der Waals surface area contributed by atoms with Gasteiger partial charge in [-0.3, -0.25) is 4.79 Å². The summed E-state index contributed by atoms with van der Waals surface area (Å²) in [5, 5.41) is 1.25. The zero-order valence-electron chi connectivity index (χ0n) is 9.37. The van der Waals surface area contributed by atoms with Crippen LogP contribution < -0.4 is 0 Å². The third-order valence-electron chi connectivity index (χ3n) is 2.93. The summed E-state index contributed by atoms with van der Waals surface area (Å²) in [7, 11) is 0. The summed E-state index contributed by atoms with van der Waals surface area (Å²) < 4.78 is 2.09. The van der Waals surface area contributed by atoms with Crippen LogP contribution in [0.1, 0.15) is 18.2 Å². The molecule has 1 aromatic carbocycles. The van der Waals surface area contributed by atoms with Crippen molar-refractivity contribution < 1.29 is 4.79 Å². The van der Waals surface area contributed by atoms with Crippen molar-refractivity contribution in [3.8, 4) is 0 Å². The third-order valence-corrected chi connectivity index (χ3v) is 2.93. The van der Waals surface area contributed by atoms with Gasteiger partial charge in [-0.1, -0.05) is 18.2 Å². The summed E-state index contributed by atoms with van der Waals surface area (Å²) in [5.41, 5.74) is 3.61. The first-order chi connectivity index (χ1) is 7.11. The van der Waals surface area contributed by atoms with Crippen LogP contribution in [-0.2, 0) is 11.3 Å². The molecule has 1 heterocycles. The fourth-order valence-corrected chi connectivity index (χ4v) is 2.03. The van der Waals surface area contributed by atoms with Gasteiger partial charge >= 0.3 is 0 Å². The number of nitrogens with zero attached hydrogens (tertiary/aromatic N) is 1. The second-order valence-electron chi connectivity index (χ2n) is 4.02. The van der Waals surface area contributed by atoms with Crippen LogP contribution in [0.3, 0.4) is 0 Å². The van der Waals surface area contributed by atoms with Crippen LogP contribution in [0.25, 0.3) is 10.9 Å². The first kappa shape index (κ1) is 9.97. The number of para-hydroxylation sites is 1. The first-order valence-electron chi connectivity index (χ1n) is 5.15. The lowest BCUT2D eigenvalue weighted by Gasteiger charge is -2.04. The molecule has 0 amide bonds. The standard InChI is InChI=1S/C13H15NO/c1-9(15)8-14-11(3)10(2)12-6-4-5-7-13(12)14/h4-7H,8H2,1-3H3. The van der Waals surface area contributed by atoms with E-state index < -0.39 is 0 Å². The molecule has 0 N–H and O–H groups in total. The molecule has 0 radical (unpaired) electrons. The van der Waals surface area contributed by atoms with Gasteiger partial charge in [0.1, 0.15) is 5.78 Å². The van der Waals surface area contributed by atoms with Crippen LogP contribution in [0.5, 0.6) is 0 Å². The summed E-state index contributed by atoms with van der Waals surface area (Å²) in [5.74, 6) is 0.193. The third kappa shape index (κ3) is 1.56. The van der Waals surface area contributed by atoms with E-state index in [1.54, 1.807) is 6.92 Å². The van der Waals surface area contributed by atoms with E-state index in [1.165, 1.54) is 16.6 Å². The van der Waals surface area contributed by atoms with Gasteiger partial charge in [-0.15, -0.1) is 0 Å². The highest BCUT2D eigenvalue weighted by Gasteiger charge is 2.10. The summed E-state index contributed by atoms with van der Waals surface area (Å²) in [6, 6.07) is 8.22. The number of hydrogen-bond acceptors (Lipinski definition) is 1. The topological polar surface area (TPSA) is 22.0 Å². The molecule has 0 aliphatic heterocycles. The maximum absolute atomic E-state index is 11.2. The molecule has 0 atom stereocenters.